The van der Waals surface area contributed by atoms with Gasteiger partial charge < -0.3 is 10.6 Å². The Hall–Kier alpha value is -1.23. The van der Waals surface area contributed by atoms with Crippen molar-refractivity contribution in [1.82, 2.24) is 0 Å². The van der Waals surface area contributed by atoms with Gasteiger partial charge in [0.05, 0.1) is 11.4 Å². The zero-order valence-electron chi connectivity index (χ0n) is 10.9. The number of halogens is 1. The molecular formula is C16H17IN2. The van der Waals surface area contributed by atoms with Crippen LogP contribution in [0.15, 0.2) is 42.5 Å². The van der Waals surface area contributed by atoms with E-state index >= 15 is 0 Å². The molecular weight excluding hydrogens is 347 g/mol. The summed E-state index contributed by atoms with van der Waals surface area (Å²) in [7, 11) is 0. The molecule has 2 nitrogen and oxygen atoms in total. The van der Waals surface area contributed by atoms with Gasteiger partial charge in [-0.2, -0.15) is 0 Å². The lowest BCUT2D eigenvalue weighted by Crippen LogP contribution is -2.30. The molecule has 2 N–H and O–H groups in total. The molecule has 0 spiro atoms. The third-order valence-corrected chi connectivity index (χ3v) is 4.30. The largest absolute Gasteiger partial charge is 0.397 e. The molecule has 19 heavy (non-hydrogen) atoms. The van der Waals surface area contributed by atoms with Crippen molar-refractivity contribution in [1.29, 1.82) is 0 Å². The van der Waals surface area contributed by atoms with Gasteiger partial charge in [0, 0.05) is 15.8 Å². The quantitative estimate of drug-likeness (QED) is 0.607. The fourth-order valence-corrected chi connectivity index (χ4v) is 3.31. The molecule has 1 unspecified atom stereocenters. The summed E-state index contributed by atoms with van der Waals surface area (Å²) in [5.74, 6) is 0.647. The van der Waals surface area contributed by atoms with Crippen LogP contribution in [0, 0.1) is 9.49 Å². The van der Waals surface area contributed by atoms with Crippen molar-refractivity contribution in [3.8, 4) is 0 Å². The number of anilines is 3. The minimum Gasteiger partial charge on any atom is -0.397 e. The van der Waals surface area contributed by atoms with Gasteiger partial charge in [-0.25, -0.2) is 0 Å². The highest BCUT2D eigenvalue weighted by Crippen LogP contribution is 2.38. The molecule has 0 saturated carbocycles. The van der Waals surface area contributed by atoms with E-state index in [1.54, 1.807) is 0 Å². The van der Waals surface area contributed by atoms with Crippen molar-refractivity contribution < 1.29 is 0 Å². The molecule has 3 rings (SSSR count). The molecule has 1 heterocycles. The van der Waals surface area contributed by atoms with Crippen LogP contribution in [0.5, 0.6) is 0 Å². The monoisotopic (exact) mass is 364 g/mol. The SMILES string of the molecule is CC1Cc2ccccc2N(c2ccc(I)cc2N)C1. The van der Waals surface area contributed by atoms with Gasteiger partial charge in [-0.3, -0.25) is 0 Å². The van der Waals surface area contributed by atoms with Crippen LogP contribution >= 0.6 is 22.6 Å². The van der Waals surface area contributed by atoms with Crippen molar-refractivity contribution in [3.05, 3.63) is 51.6 Å². The van der Waals surface area contributed by atoms with E-state index in [2.05, 4.69) is 70.8 Å². The number of nitrogen functional groups attached to an aromatic ring is 1. The van der Waals surface area contributed by atoms with Crippen LogP contribution in [-0.2, 0) is 6.42 Å². The second-order valence-corrected chi connectivity index (χ2v) is 6.50. The first-order valence-electron chi connectivity index (χ1n) is 6.55. The maximum absolute atomic E-state index is 6.21. The summed E-state index contributed by atoms with van der Waals surface area (Å²) < 4.78 is 1.18. The normalized spacial score (nSPS) is 18.2. The average Bonchev–Trinajstić information content (AvgIpc) is 2.38. The van der Waals surface area contributed by atoms with Crippen molar-refractivity contribution in [2.75, 3.05) is 17.2 Å². The van der Waals surface area contributed by atoms with Gasteiger partial charge >= 0.3 is 0 Å². The number of fused-ring (bicyclic) bond motifs is 1. The maximum atomic E-state index is 6.21. The molecule has 1 aliphatic rings. The van der Waals surface area contributed by atoms with Crippen molar-refractivity contribution >= 4 is 39.7 Å². The second-order valence-electron chi connectivity index (χ2n) is 5.25. The molecule has 0 aliphatic carbocycles. The van der Waals surface area contributed by atoms with Gasteiger partial charge in [0.2, 0.25) is 0 Å². The smallest absolute Gasteiger partial charge is 0.0645 e. The predicted molar refractivity (Wildman–Crippen MR) is 89.9 cm³/mol. The highest BCUT2D eigenvalue weighted by atomic mass is 127. The van der Waals surface area contributed by atoms with Crippen molar-refractivity contribution in [3.63, 3.8) is 0 Å². The van der Waals surface area contributed by atoms with Gasteiger partial charge in [-0.1, -0.05) is 25.1 Å². The molecule has 0 radical (unpaired) electrons. The molecule has 0 aromatic heterocycles. The van der Waals surface area contributed by atoms with Crippen molar-refractivity contribution in [2.24, 2.45) is 5.92 Å². The van der Waals surface area contributed by atoms with Crippen LogP contribution in [0.1, 0.15) is 12.5 Å². The Morgan fingerprint density at radius 1 is 1.16 bits per heavy atom. The predicted octanol–water partition coefficient (Wildman–Crippen LogP) is 4.20. The zero-order chi connectivity index (χ0) is 13.4. The highest BCUT2D eigenvalue weighted by Gasteiger charge is 2.23. The van der Waals surface area contributed by atoms with Crippen LogP contribution in [-0.4, -0.2) is 6.54 Å². The maximum Gasteiger partial charge on any atom is 0.0645 e. The summed E-state index contributed by atoms with van der Waals surface area (Å²) in [5, 5.41) is 0. The van der Waals surface area contributed by atoms with Crippen LogP contribution in [0.4, 0.5) is 17.1 Å². The Bertz CT molecular complexity index is 609. The van der Waals surface area contributed by atoms with Gasteiger partial charge in [0.15, 0.2) is 0 Å². The molecule has 0 amide bonds. The molecule has 2 aromatic carbocycles. The standard InChI is InChI=1S/C16H17IN2/c1-11-8-12-4-2-3-5-15(12)19(10-11)16-7-6-13(17)9-14(16)18/h2-7,9,11H,8,10,18H2,1H3. The number of nitrogens with two attached hydrogens (primary N) is 1. The average molecular weight is 364 g/mol. The fourth-order valence-electron chi connectivity index (χ4n) is 2.80. The van der Waals surface area contributed by atoms with E-state index in [-0.39, 0.29) is 0 Å². The van der Waals surface area contributed by atoms with Gasteiger partial charge in [0.25, 0.3) is 0 Å². The summed E-state index contributed by atoms with van der Waals surface area (Å²) >= 11 is 2.30. The lowest BCUT2D eigenvalue weighted by atomic mass is 9.93. The second kappa shape index (κ2) is 5.04. The van der Waals surface area contributed by atoms with Gasteiger partial charge in [-0.05, 0) is 64.8 Å². The van der Waals surface area contributed by atoms with E-state index in [1.165, 1.54) is 14.8 Å². The number of hydrogen-bond acceptors (Lipinski definition) is 2. The van der Waals surface area contributed by atoms with E-state index in [9.17, 15) is 0 Å². The van der Waals surface area contributed by atoms with Crippen LogP contribution in [0.2, 0.25) is 0 Å². The fraction of sp³-hybridized carbons (Fsp3) is 0.250. The number of para-hydroxylation sites is 1. The summed E-state index contributed by atoms with van der Waals surface area (Å²) in [6, 6.07) is 14.9. The summed E-state index contributed by atoms with van der Waals surface area (Å²) in [6.45, 7) is 3.33. The first kappa shape index (κ1) is 12.8. The van der Waals surface area contributed by atoms with Crippen LogP contribution < -0.4 is 10.6 Å². The minimum atomic E-state index is 0.647. The Balaban J connectivity index is 2.10. The van der Waals surface area contributed by atoms with Gasteiger partial charge in [-0.15, -0.1) is 0 Å². The summed E-state index contributed by atoms with van der Waals surface area (Å²) in [5.41, 5.74) is 10.9. The van der Waals surface area contributed by atoms with E-state index in [1.807, 2.05) is 6.07 Å². The lowest BCUT2D eigenvalue weighted by molar-refractivity contribution is 0.562. The first-order valence-corrected chi connectivity index (χ1v) is 7.63. The Morgan fingerprint density at radius 2 is 1.95 bits per heavy atom. The Labute approximate surface area is 127 Å². The van der Waals surface area contributed by atoms with E-state index in [4.69, 9.17) is 5.73 Å². The third kappa shape index (κ3) is 2.43. The summed E-state index contributed by atoms with van der Waals surface area (Å²) in [6.07, 6.45) is 1.15. The number of rotatable bonds is 1. The van der Waals surface area contributed by atoms with Gasteiger partial charge in [0.1, 0.15) is 0 Å². The lowest BCUT2D eigenvalue weighted by Gasteiger charge is -2.35. The molecule has 98 valence electrons. The zero-order valence-corrected chi connectivity index (χ0v) is 13.1. The Kier molecular flexibility index (Phi) is 3.39. The van der Waals surface area contributed by atoms with Crippen molar-refractivity contribution in [2.45, 2.75) is 13.3 Å². The van der Waals surface area contributed by atoms with Crippen LogP contribution in [0.25, 0.3) is 0 Å². The topological polar surface area (TPSA) is 29.3 Å². The minimum absolute atomic E-state index is 0.647. The number of benzene rings is 2. The third-order valence-electron chi connectivity index (χ3n) is 3.63. The highest BCUT2D eigenvalue weighted by molar-refractivity contribution is 14.1. The summed E-state index contributed by atoms with van der Waals surface area (Å²) in [4.78, 5) is 2.36. The number of hydrogen-bond donors (Lipinski definition) is 1. The van der Waals surface area contributed by atoms with E-state index in [0.717, 1.165) is 24.3 Å². The molecule has 2 aromatic rings. The molecule has 3 heteroatoms. The molecule has 0 fully saturated rings. The molecule has 1 atom stereocenters. The number of nitrogens with zero attached hydrogens (tertiary/aromatic N) is 1. The van der Waals surface area contributed by atoms with E-state index in [0.29, 0.717) is 5.92 Å². The molecule has 0 bridgehead atoms. The molecule has 0 saturated heterocycles. The molecule has 1 aliphatic heterocycles. The van der Waals surface area contributed by atoms with E-state index < -0.39 is 0 Å². The van der Waals surface area contributed by atoms with Crippen LogP contribution in [0.3, 0.4) is 0 Å². The first-order chi connectivity index (χ1) is 9.15. The Morgan fingerprint density at radius 3 is 2.74 bits per heavy atom.